The second-order valence-corrected chi connectivity index (χ2v) is 31.8. The average molecular weight is 1100 g/mol. The molecule has 0 bridgehead atoms. The van der Waals surface area contributed by atoms with Crippen molar-refractivity contribution in [2.45, 2.75) is 220 Å². The molecular weight excluding hydrogens is 1010 g/mol. The first-order valence-electron chi connectivity index (χ1n) is 31.7. The van der Waals surface area contributed by atoms with Crippen LogP contribution < -0.4 is 31.3 Å². The van der Waals surface area contributed by atoms with Gasteiger partial charge in [0.2, 0.25) is 0 Å². The average Bonchev–Trinajstić information content (AvgIpc) is 1.71. The number of hydrogen-bond donors (Lipinski definition) is 0. The molecule has 13 rings (SSSR count). The van der Waals surface area contributed by atoms with Crippen molar-refractivity contribution in [3.63, 3.8) is 0 Å². The maximum absolute atomic E-state index is 7.86. The van der Waals surface area contributed by atoms with Crippen LogP contribution in [-0.4, -0.2) is 6.71 Å². The lowest BCUT2D eigenvalue weighted by molar-refractivity contribution is 0.332. The number of furan rings is 1. The third-order valence-corrected chi connectivity index (χ3v) is 21.6. The molecule has 0 amide bonds. The quantitative estimate of drug-likeness (QED) is 0.148. The van der Waals surface area contributed by atoms with Crippen molar-refractivity contribution in [1.82, 2.24) is 0 Å². The molecule has 5 aliphatic rings. The monoisotopic (exact) mass is 1100 g/mol. The molecule has 3 aliphatic carbocycles. The van der Waals surface area contributed by atoms with Crippen LogP contribution in [0.2, 0.25) is 0 Å². The molecular formula is C78H92BN3O. The van der Waals surface area contributed by atoms with E-state index in [9.17, 15) is 0 Å². The van der Waals surface area contributed by atoms with Crippen LogP contribution in [0.5, 0.6) is 0 Å². The molecule has 0 fully saturated rings. The summed E-state index contributed by atoms with van der Waals surface area (Å²) in [5.74, 6) is 0.823. The van der Waals surface area contributed by atoms with Gasteiger partial charge >= 0.3 is 0 Å². The fourth-order valence-corrected chi connectivity index (χ4v) is 15.6. The minimum absolute atomic E-state index is 0.0000782. The van der Waals surface area contributed by atoms with Crippen molar-refractivity contribution in [3.05, 3.63) is 177 Å². The fraction of sp³-hybridized carbons (Fsp3) is 0.436. The van der Waals surface area contributed by atoms with Crippen LogP contribution in [0.15, 0.2) is 132 Å². The van der Waals surface area contributed by atoms with Gasteiger partial charge in [0.05, 0.1) is 17.0 Å². The highest BCUT2D eigenvalue weighted by molar-refractivity contribution is 7.00. The summed E-state index contributed by atoms with van der Waals surface area (Å²) >= 11 is 0. The molecule has 3 heterocycles. The lowest BCUT2D eigenvalue weighted by Gasteiger charge is -2.47. The Morgan fingerprint density at radius 3 is 1.36 bits per heavy atom. The van der Waals surface area contributed by atoms with E-state index in [0.29, 0.717) is 11.8 Å². The van der Waals surface area contributed by atoms with E-state index >= 15 is 0 Å². The zero-order valence-electron chi connectivity index (χ0n) is 53.8. The molecule has 0 saturated carbocycles. The predicted octanol–water partition coefficient (Wildman–Crippen LogP) is 20.6. The van der Waals surface area contributed by atoms with E-state index in [-0.39, 0.29) is 44.6 Å². The van der Waals surface area contributed by atoms with Crippen molar-refractivity contribution in [1.29, 1.82) is 0 Å². The summed E-state index contributed by atoms with van der Waals surface area (Å²) in [5, 5.41) is 1.19. The molecule has 83 heavy (non-hydrogen) atoms. The lowest BCUT2D eigenvalue weighted by atomic mass is 9.35. The molecule has 5 heteroatoms. The van der Waals surface area contributed by atoms with E-state index in [1.807, 2.05) is 0 Å². The standard InChI is InChI=1S/C78H92BN3O/c1-47(2)49-20-26-52(27-21-49)80(53-28-22-50(23-29-53)48(3)4)56-41-66-69-67(42-56)82(54-30-24-51(25-31-54)72(5,6)7)70-57-43-60-63(78(18,19)39-36-75(60,12)13)46-68(57)83-71(70)79(69)64-44-61-62(77(16,17)38-37-76(61,14)15)45-65(64)81(66)55-32-33-58-59(40-55)74(10,11)35-34-73(58,8)9/h20-33,40-48H,34-39H2,1-19H3. The lowest BCUT2D eigenvalue weighted by Crippen LogP contribution is -2.61. The maximum atomic E-state index is 7.86. The summed E-state index contributed by atoms with van der Waals surface area (Å²) in [6.07, 6.45) is 6.86. The van der Waals surface area contributed by atoms with Crippen LogP contribution >= 0.6 is 0 Å². The van der Waals surface area contributed by atoms with Gasteiger partial charge in [-0.05, 0) is 228 Å². The summed E-state index contributed by atoms with van der Waals surface area (Å²) in [4.78, 5) is 7.88. The zero-order chi connectivity index (χ0) is 59.0. The second-order valence-electron chi connectivity index (χ2n) is 31.8. The Hall–Kier alpha value is -6.46. The summed E-state index contributed by atoms with van der Waals surface area (Å²) in [6, 6.07) is 51.4. The van der Waals surface area contributed by atoms with Gasteiger partial charge in [-0.1, -0.05) is 180 Å². The van der Waals surface area contributed by atoms with Gasteiger partial charge in [0.15, 0.2) is 0 Å². The molecule has 0 N–H and O–H groups in total. The van der Waals surface area contributed by atoms with Gasteiger partial charge in [-0.25, -0.2) is 0 Å². The molecule has 1 aromatic heterocycles. The minimum Gasteiger partial charge on any atom is -0.468 e. The highest BCUT2D eigenvalue weighted by Crippen LogP contribution is 2.56. The molecule has 0 radical (unpaired) electrons. The third-order valence-electron chi connectivity index (χ3n) is 21.6. The Bertz CT molecular complexity index is 3860. The number of nitrogens with zero attached hydrogens (tertiary/aromatic N) is 3. The molecule has 7 aromatic carbocycles. The summed E-state index contributed by atoms with van der Waals surface area (Å²) in [6.45, 7) is 45.6. The van der Waals surface area contributed by atoms with Crippen molar-refractivity contribution in [2.24, 2.45) is 0 Å². The molecule has 0 atom stereocenters. The smallest absolute Gasteiger partial charge is 0.297 e. The number of anilines is 9. The van der Waals surface area contributed by atoms with Crippen LogP contribution in [0, 0.1) is 0 Å². The molecule has 0 spiro atoms. The van der Waals surface area contributed by atoms with E-state index in [0.717, 1.165) is 71.8 Å². The molecule has 2 aliphatic heterocycles. The number of rotatable bonds is 7. The normalized spacial score (nSPS) is 19.2. The van der Waals surface area contributed by atoms with Crippen molar-refractivity contribution < 1.29 is 4.42 Å². The number of benzene rings is 7. The maximum Gasteiger partial charge on any atom is 0.297 e. The fourth-order valence-electron chi connectivity index (χ4n) is 15.6. The van der Waals surface area contributed by atoms with Gasteiger partial charge in [-0.2, -0.15) is 0 Å². The van der Waals surface area contributed by atoms with Crippen molar-refractivity contribution >= 4 is 85.5 Å². The molecule has 428 valence electrons. The van der Waals surface area contributed by atoms with E-state index in [4.69, 9.17) is 4.42 Å². The molecule has 8 aromatic rings. The van der Waals surface area contributed by atoms with E-state index in [2.05, 4.69) is 274 Å². The third kappa shape index (κ3) is 8.79. The van der Waals surface area contributed by atoms with Gasteiger partial charge < -0.3 is 19.1 Å². The van der Waals surface area contributed by atoms with Crippen LogP contribution in [0.4, 0.5) is 51.2 Å². The number of hydrogen-bond acceptors (Lipinski definition) is 4. The Kier molecular flexibility index (Phi) is 12.4. The second kappa shape index (κ2) is 18.5. The van der Waals surface area contributed by atoms with Crippen LogP contribution in [0.1, 0.15) is 232 Å². The van der Waals surface area contributed by atoms with Gasteiger partial charge in [0.25, 0.3) is 6.71 Å². The molecule has 0 saturated heterocycles. The van der Waals surface area contributed by atoms with Crippen LogP contribution in [0.3, 0.4) is 0 Å². The summed E-state index contributed by atoms with van der Waals surface area (Å²) < 4.78 is 7.86. The molecule has 0 unspecified atom stereocenters. The van der Waals surface area contributed by atoms with E-state index < -0.39 is 0 Å². The zero-order valence-corrected chi connectivity index (χ0v) is 53.8. The van der Waals surface area contributed by atoms with Gasteiger partial charge in [-0.3, -0.25) is 0 Å². The van der Waals surface area contributed by atoms with E-state index in [1.54, 1.807) is 0 Å². The van der Waals surface area contributed by atoms with Gasteiger partial charge in [0.1, 0.15) is 5.58 Å². The Morgan fingerprint density at radius 1 is 0.434 bits per heavy atom. The Balaban J connectivity index is 1.20. The first kappa shape index (κ1) is 55.7. The predicted molar refractivity (Wildman–Crippen MR) is 358 cm³/mol. The van der Waals surface area contributed by atoms with Crippen molar-refractivity contribution in [3.8, 4) is 0 Å². The minimum atomic E-state index is -0.200. The Labute approximate surface area is 499 Å². The highest BCUT2D eigenvalue weighted by Gasteiger charge is 2.51. The highest BCUT2D eigenvalue weighted by atomic mass is 16.3. The first-order chi connectivity index (χ1) is 38.9. The van der Waals surface area contributed by atoms with Crippen LogP contribution in [-0.2, 0) is 37.9 Å². The van der Waals surface area contributed by atoms with Gasteiger partial charge in [-0.15, -0.1) is 0 Å². The van der Waals surface area contributed by atoms with E-state index in [1.165, 1.54) is 95.6 Å². The van der Waals surface area contributed by atoms with Gasteiger partial charge in [0, 0.05) is 45.2 Å². The number of fused-ring (bicyclic) bond motifs is 9. The van der Waals surface area contributed by atoms with Crippen LogP contribution in [0.25, 0.3) is 11.0 Å². The SMILES string of the molecule is CC(C)c1ccc(N(c2ccc(C(C)C)cc2)c2cc3c4c(c2)N(c2ccc(C(C)(C)C)cc2)c2c(oc5cc6c(cc25)C(C)(C)CCC6(C)C)B4c2cc4c(cc2N3c2ccc3c(c2)C(C)(C)CCC3(C)C)C(C)(C)CCC4(C)C)cc1. The largest absolute Gasteiger partial charge is 0.468 e. The summed E-state index contributed by atoms with van der Waals surface area (Å²) in [5.41, 5.74) is 27.9. The molecule has 4 nitrogen and oxygen atoms in total. The topological polar surface area (TPSA) is 22.9 Å². The Morgan fingerprint density at radius 2 is 0.867 bits per heavy atom. The van der Waals surface area contributed by atoms with Crippen molar-refractivity contribution in [2.75, 3.05) is 14.7 Å². The summed E-state index contributed by atoms with van der Waals surface area (Å²) in [7, 11) is 0. The first-order valence-corrected chi connectivity index (χ1v) is 31.7.